The van der Waals surface area contributed by atoms with E-state index in [1.54, 1.807) is 11.8 Å². The van der Waals surface area contributed by atoms with Gasteiger partial charge in [0.05, 0.1) is 12.2 Å². The Morgan fingerprint density at radius 1 is 1.67 bits per heavy atom. The number of hydrogen-bond donors (Lipinski definition) is 1. The Hall–Kier alpha value is -1.40. The van der Waals surface area contributed by atoms with Gasteiger partial charge >= 0.3 is 5.97 Å². The standard InChI is InChI=1S/C12H16N2O3S/c1-3-17-12(16)10-7(2)6-18-11(10)14-5-8(13)4-9(14)15/h6,8H,3-5,13H2,1-2H3. The highest BCUT2D eigenvalue weighted by Gasteiger charge is 2.32. The van der Waals surface area contributed by atoms with Crippen LogP contribution in [0, 0.1) is 6.92 Å². The first-order chi connectivity index (χ1) is 8.54. The van der Waals surface area contributed by atoms with Crippen LogP contribution in [0.4, 0.5) is 5.00 Å². The van der Waals surface area contributed by atoms with Crippen molar-refractivity contribution in [3.8, 4) is 0 Å². The molecule has 1 aromatic heterocycles. The maximum atomic E-state index is 11.9. The minimum atomic E-state index is -0.375. The minimum Gasteiger partial charge on any atom is -0.462 e. The number of thiophene rings is 1. The van der Waals surface area contributed by atoms with Crippen LogP contribution in [0.15, 0.2) is 5.38 Å². The summed E-state index contributed by atoms with van der Waals surface area (Å²) >= 11 is 1.38. The smallest absolute Gasteiger partial charge is 0.341 e. The fourth-order valence-electron chi connectivity index (χ4n) is 2.01. The van der Waals surface area contributed by atoms with E-state index < -0.39 is 0 Å². The SMILES string of the molecule is CCOC(=O)c1c(C)csc1N1CC(N)CC1=O. The summed E-state index contributed by atoms with van der Waals surface area (Å²) in [6.07, 6.45) is 0.333. The van der Waals surface area contributed by atoms with Crippen molar-refractivity contribution in [2.45, 2.75) is 26.3 Å². The van der Waals surface area contributed by atoms with Gasteiger partial charge in [0.1, 0.15) is 5.00 Å². The van der Waals surface area contributed by atoms with Gasteiger partial charge in [0, 0.05) is 19.0 Å². The topological polar surface area (TPSA) is 72.6 Å². The zero-order valence-corrected chi connectivity index (χ0v) is 11.3. The molecule has 0 aromatic carbocycles. The third kappa shape index (κ3) is 2.26. The van der Waals surface area contributed by atoms with Crippen molar-refractivity contribution in [3.63, 3.8) is 0 Å². The molecule has 18 heavy (non-hydrogen) atoms. The summed E-state index contributed by atoms with van der Waals surface area (Å²) in [5.74, 6) is -0.408. The van der Waals surface area contributed by atoms with Crippen molar-refractivity contribution in [2.75, 3.05) is 18.1 Å². The molecular formula is C12H16N2O3S. The Morgan fingerprint density at radius 3 is 2.94 bits per heavy atom. The molecule has 98 valence electrons. The third-order valence-corrected chi connectivity index (χ3v) is 3.95. The first-order valence-electron chi connectivity index (χ1n) is 5.85. The number of rotatable bonds is 3. The fourth-order valence-corrected chi connectivity index (χ4v) is 3.08. The summed E-state index contributed by atoms with van der Waals surface area (Å²) in [6.45, 7) is 4.38. The van der Waals surface area contributed by atoms with Crippen molar-refractivity contribution >= 4 is 28.2 Å². The van der Waals surface area contributed by atoms with Crippen LogP contribution in [0.2, 0.25) is 0 Å². The van der Waals surface area contributed by atoms with Gasteiger partial charge in [0.2, 0.25) is 5.91 Å². The van der Waals surface area contributed by atoms with Crippen LogP contribution in [-0.2, 0) is 9.53 Å². The van der Waals surface area contributed by atoms with Gasteiger partial charge in [0.25, 0.3) is 0 Å². The van der Waals surface area contributed by atoms with E-state index in [0.29, 0.717) is 30.1 Å². The second kappa shape index (κ2) is 5.07. The molecule has 2 rings (SSSR count). The molecule has 0 aliphatic carbocycles. The van der Waals surface area contributed by atoms with Crippen LogP contribution in [0.5, 0.6) is 0 Å². The average Bonchev–Trinajstić information content (AvgIpc) is 2.82. The number of hydrogen-bond acceptors (Lipinski definition) is 5. The molecule has 5 nitrogen and oxygen atoms in total. The van der Waals surface area contributed by atoms with E-state index in [1.165, 1.54) is 11.3 Å². The van der Waals surface area contributed by atoms with Gasteiger partial charge in [0.15, 0.2) is 0 Å². The summed E-state index contributed by atoms with van der Waals surface area (Å²) < 4.78 is 5.03. The van der Waals surface area contributed by atoms with Crippen LogP contribution >= 0.6 is 11.3 Å². The maximum absolute atomic E-state index is 11.9. The van der Waals surface area contributed by atoms with Crippen LogP contribution in [-0.4, -0.2) is 31.1 Å². The largest absolute Gasteiger partial charge is 0.462 e. The molecule has 1 aromatic rings. The zero-order chi connectivity index (χ0) is 13.3. The quantitative estimate of drug-likeness (QED) is 0.839. The van der Waals surface area contributed by atoms with E-state index in [9.17, 15) is 9.59 Å². The van der Waals surface area contributed by atoms with Gasteiger partial charge in [-0.3, -0.25) is 4.79 Å². The number of nitrogens with zero attached hydrogens (tertiary/aromatic N) is 1. The number of carbonyl (C=O) groups excluding carboxylic acids is 2. The lowest BCUT2D eigenvalue weighted by molar-refractivity contribution is -0.117. The first-order valence-corrected chi connectivity index (χ1v) is 6.73. The highest BCUT2D eigenvalue weighted by molar-refractivity contribution is 7.15. The molecule has 0 radical (unpaired) electrons. The molecule has 6 heteroatoms. The zero-order valence-electron chi connectivity index (χ0n) is 10.4. The number of amides is 1. The molecule has 2 heterocycles. The Morgan fingerprint density at radius 2 is 2.39 bits per heavy atom. The number of nitrogens with two attached hydrogens (primary N) is 1. The van der Waals surface area contributed by atoms with E-state index >= 15 is 0 Å². The molecule has 1 fully saturated rings. The second-order valence-corrected chi connectivity index (χ2v) is 5.15. The Bertz CT molecular complexity index is 484. The highest BCUT2D eigenvalue weighted by Crippen LogP contribution is 2.34. The summed E-state index contributed by atoms with van der Waals surface area (Å²) in [5.41, 5.74) is 7.10. The van der Waals surface area contributed by atoms with Crippen LogP contribution in [0.1, 0.15) is 29.3 Å². The molecule has 1 unspecified atom stereocenters. The Labute approximate surface area is 110 Å². The molecule has 0 saturated carbocycles. The van der Waals surface area contributed by atoms with Gasteiger partial charge in [-0.1, -0.05) is 0 Å². The Balaban J connectivity index is 2.34. The summed E-state index contributed by atoms with van der Waals surface area (Å²) in [6, 6.07) is -0.157. The second-order valence-electron chi connectivity index (χ2n) is 4.29. The highest BCUT2D eigenvalue weighted by atomic mass is 32.1. The number of carbonyl (C=O) groups is 2. The van der Waals surface area contributed by atoms with E-state index in [4.69, 9.17) is 10.5 Å². The molecule has 1 amide bonds. The van der Waals surface area contributed by atoms with E-state index in [1.807, 2.05) is 12.3 Å². The predicted molar refractivity (Wildman–Crippen MR) is 70.0 cm³/mol. The van der Waals surface area contributed by atoms with Crippen LogP contribution in [0.25, 0.3) is 0 Å². The monoisotopic (exact) mass is 268 g/mol. The number of ether oxygens (including phenoxy) is 1. The van der Waals surface area contributed by atoms with Crippen molar-refractivity contribution in [1.29, 1.82) is 0 Å². The molecule has 1 atom stereocenters. The van der Waals surface area contributed by atoms with Crippen molar-refractivity contribution in [1.82, 2.24) is 0 Å². The van der Waals surface area contributed by atoms with Gasteiger partial charge in [-0.15, -0.1) is 11.3 Å². The molecule has 1 aliphatic heterocycles. The fraction of sp³-hybridized carbons (Fsp3) is 0.500. The van der Waals surface area contributed by atoms with E-state index in [-0.39, 0.29) is 17.9 Å². The average molecular weight is 268 g/mol. The van der Waals surface area contributed by atoms with Crippen LogP contribution in [0.3, 0.4) is 0 Å². The number of esters is 1. The molecular weight excluding hydrogens is 252 g/mol. The third-order valence-electron chi connectivity index (χ3n) is 2.84. The van der Waals surface area contributed by atoms with E-state index in [2.05, 4.69) is 0 Å². The lowest BCUT2D eigenvalue weighted by atomic mass is 10.2. The first kappa shape index (κ1) is 13.0. The molecule has 1 aliphatic rings. The number of aryl methyl sites for hydroxylation is 1. The van der Waals surface area contributed by atoms with Gasteiger partial charge in [-0.25, -0.2) is 4.79 Å². The summed E-state index contributed by atoms with van der Waals surface area (Å²) in [4.78, 5) is 25.3. The normalized spacial score (nSPS) is 19.4. The van der Waals surface area contributed by atoms with Gasteiger partial charge in [-0.05, 0) is 24.8 Å². The van der Waals surface area contributed by atoms with Crippen LogP contribution < -0.4 is 10.6 Å². The predicted octanol–water partition coefficient (Wildman–Crippen LogP) is 1.30. The maximum Gasteiger partial charge on any atom is 0.341 e. The lowest BCUT2D eigenvalue weighted by Gasteiger charge is -2.16. The summed E-state index contributed by atoms with van der Waals surface area (Å²) in [7, 11) is 0. The molecule has 0 bridgehead atoms. The van der Waals surface area contributed by atoms with Crippen molar-refractivity contribution in [3.05, 3.63) is 16.5 Å². The summed E-state index contributed by atoms with van der Waals surface area (Å²) in [5, 5.41) is 2.52. The number of anilines is 1. The van der Waals surface area contributed by atoms with Crippen molar-refractivity contribution < 1.29 is 14.3 Å². The van der Waals surface area contributed by atoms with Gasteiger partial charge < -0.3 is 15.4 Å². The van der Waals surface area contributed by atoms with Gasteiger partial charge in [-0.2, -0.15) is 0 Å². The molecule has 2 N–H and O–H groups in total. The van der Waals surface area contributed by atoms with E-state index in [0.717, 1.165) is 5.56 Å². The Kier molecular flexibility index (Phi) is 3.68. The lowest BCUT2D eigenvalue weighted by Crippen LogP contribution is -2.28. The minimum absolute atomic E-state index is 0.0325. The molecule has 0 spiro atoms. The molecule has 1 saturated heterocycles. The van der Waals surface area contributed by atoms with Crippen molar-refractivity contribution in [2.24, 2.45) is 5.73 Å².